The molecule has 0 aliphatic carbocycles. The largest absolute Gasteiger partial charge is 0.489 e. The van der Waals surface area contributed by atoms with Gasteiger partial charge < -0.3 is 24.6 Å². The van der Waals surface area contributed by atoms with Gasteiger partial charge in [-0.15, -0.1) is 0 Å². The summed E-state index contributed by atoms with van der Waals surface area (Å²) in [5.41, 5.74) is 2.02. The first-order valence-corrected chi connectivity index (χ1v) is 11.1. The highest BCUT2D eigenvalue weighted by atomic mass is 16.5. The van der Waals surface area contributed by atoms with Crippen LogP contribution in [0, 0.1) is 0 Å². The van der Waals surface area contributed by atoms with Crippen molar-refractivity contribution in [3.8, 4) is 5.75 Å². The van der Waals surface area contributed by atoms with E-state index in [4.69, 9.17) is 15.0 Å². The predicted octanol–water partition coefficient (Wildman–Crippen LogP) is 2.37. The second-order valence-electron chi connectivity index (χ2n) is 8.39. The maximum absolute atomic E-state index is 13.1. The van der Waals surface area contributed by atoms with E-state index in [1.165, 1.54) is 17.0 Å². The summed E-state index contributed by atoms with van der Waals surface area (Å²) in [6.45, 7) is 1.61. The van der Waals surface area contributed by atoms with E-state index in [0.29, 0.717) is 41.0 Å². The van der Waals surface area contributed by atoms with Gasteiger partial charge >= 0.3 is 0 Å². The average molecular weight is 466 g/mol. The lowest BCUT2D eigenvalue weighted by Crippen LogP contribution is -2.49. The molecular formula is C26H27N3O5. The van der Waals surface area contributed by atoms with Crippen molar-refractivity contribution in [1.82, 2.24) is 15.1 Å². The Kier molecular flexibility index (Phi) is 4.86. The fourth-order valence-corrected chi connectivity index (χ4v) is 4.27. The molecule has 3 aliphatic heterocycles. The smallest absolute Gasteiger partial charge is 0.255 e. The van der Waals surface area contributed by atoms with Gasteiger partial charge in [0.1, 0.15) is 25.0 Å². The van der Waals surface area contributed by atoms with Gasteiger partial charge in [-0.3, -0.25) is 14.4 Å². The summed E-state index contributed by atoms with van der Waals surface area (Å²) in [5, 5.41) is 2.72. The van der Waals surface area contributed by atoms with Crippen molar-refractivity contribution in [2.45, 2.75) is 38.5 Å². The number of rotatable bonds is 6. The van der Waals surface area contributed by atoms with E-state index in [1.807, 2.05) is 0 Å². The molecule has 1 unspecified atom stereocenters. The summed E-state index contributed by atoms with van der Waals surface area (Å²) in [4.78, 5) is 40.3. The van der Waals surface area contributed by atoms with Gasteiger partial charge in [-0.1, -0.05) is 36.9 Å². The van der Waals surface area contributed by atoms with Crippen LogP contribution in [0.25, 0.3) is 0 Å². The van der Waals surface area contributed by atoms with Crippen molar-refractivity contribution in [1.29, 1.82) is 0 Å². The zero-order chi connectivity index (χ0) is 27.2. The minimum Gasteiger partial charge on any atom is -0.489 e. The van der Waals surface area contributed by atoms with Crippen molar-refractivity contribution >= 4 is 17.7 Å². The number of nitrogens with one attached hydrogen (secondary N) is 1. The summed E-state index contributed by atoms with van der Waals surface area (Å²) in [7, 11) is 0. The van der Waals surface area contributed by atoms with Crippen molar-refractivity contribution in [2.75, 3.05) is 19.8 Å². The standard InChI is InChI=1S/C26H27N3O5/c1-17-5-10-22(25(31)27-17)29-14-21-20(26(29)32)3-2-4-23(21)34-15-19-8-6-18(7-9-19)13-28-11-12-33-16-24(28)30/h2-4,6-9,22H,1,5,10-16H2,(H,27,31)/i6D,7D,13D2. The van der Waals surface area contributed by atoms with Crippen molar-refractivity contribution in [2.24, 2.45) is 0 Å². The van der Waals surface area contributed by atoms with E-state index in [1.54, 1.807) is 18.2 Å². The van der Waals surface area contributed by atoms with Crippen LogP contribution in [0.1, 0.15) is 45.4 Å². The van der Waals surface area contributed by atoms with Crippen LogP contribution in [0.3, 0.4) is 0 Å². The Labute approximate surface area is 203 Å². The number of carbonyl (C=O) groups excluding carboxylic acids is 3. The molecule has 2 aromatic rings. The van der Waals surface area contributed by atoms with E-state index in [0.717, 1.165) is 4.90 Å². The highest BCUT2D eigenvalue weighted by molar-refractivity contribution is 6.02. The number of ether oxygens (including phenoxy) is 2. The molecule has 0 bridgehead atoms. The number of morpholine rings is 1. The second kappa shape index (κ2) is 9.30. The average Bonchev–Trinajstić information content (AvgIpc) is 3.19. The molecule has 2 saturated heterocycles. The summed E-state index contributed by atoms with van der Waals surface area (Å²) >= 11 is 0. The fraction of sp³-hybridized carbons (Fsp3) is 0.346. The summed E-state index contributed by atoms with van der Waals surface area (Å²) in [6.07, 6.45) is 1.09. The van der Waals surface area contributed by atoms with Gasteiger partial charge in [0.25, 0.3) is 5.91 Å². The molecule has 8 nitrogen and oxygen atoms in total. The number of allylic oxidation sites excluding steroid dienone is 1. The van der Waals surface area contributed by atoms with Gasteiger partial charge in [-0.2, -0.15) is 0 Å². The Morgan fingerprint density at radius 1 is 1.21 bits per heavy atom. The molecule has 3 heterocycles. The first kappa shape index (κ1) is 17.8. The van der Waals surface area contributed by atoms with Crippen molar-refractivity contribution in [3.05, 3.63) is 76.9 Å². The summed E-state index contributed by atoms with van der Waals surface area (Å²) in [6, 6.07) is 6.91. The molecule has 176 valence electrons. The van der Waals surface area contributed by atoms with Crippen LogP contribution in [0.2, 0.25) is 0 Å². The van der Waals surface area contributed by atoms with E-state index in [2.05, 4.69) is 11.9 Å². The Hall–Kier alpha value is -3.65. The van der Waals surface area contributed by atoms with E-state index >= 15 is 0 Å². The van der Waals surface area contributed by atoms with Gasteiger partial charge in [0.05, 0.1) is 18.6 Å². The number of amides is 3. The first-order chi connectivity index (χ1) is 18.1. The van der Waals surface area contributed by atoms with Crippen LogP contribution in [-0.2, 0) is 34.0 Å². The molecule has 34 heavy (non-hydrogen) atoms. The fourth-order valence-electron chi connectivity index (χ4n) is 4.27. The molecule has 5 rings (SSSR count). The van der Waals surface area contributed by atoms with Crippen molar-refractivity contribution < 1.29 is 29.3 Å². The molecule has 0 radical (unpaired) electrons. The highest BCUT2D eigenvalue weighted by Crippen LogP contribution is 2.34. The number of hydrogen-bond donors (Lipinski definition) is 1. The van der Waals surface area contributed by atoms with E-state index in [9.17, 15) is 14.4 Å². The highest BCUT2D eigenvalue weighted by Gasteiger charge is 2.39. The van der Waals surface area contributed by atoms with Gasteiger partial charge in [0.2, 0.25) is 11.8 Å². The topological polar surface area (TPSA) is 88.2 Å². The van der Waals surface area contributed by atoms with Crippen LogP contribution in [0.5, 0.6) is 5.75 Å². The molecule has 3 aliphatic rings. The zero-order valence-electron chi connectivity index (χ0n) is 22.6. The number of piperidine rings is 1. The van der Waals surface area contributed by atoms with Gasteiger partial charge in [0.15, 0.2) is 0 Å². The molecule has 8 heteroatoms. The zero-order valence-corrected chi connectivity index (χ0v) is 18.6. The normalized spacial score (nSPS) is 22.5. The Morgan fingerprint density at radius 3 is 2.79 bits per heavy atom. The number of nitrogens with zero attached hydrogens (tertiary/aromatic N) is 2. The predicted molar refractivity (Wildman–Crippen MR) is 124 cm³/mol. The lowest BCUT2D eigenvalue weighted by Gasteiger charge is -2.31. The third kappa shape index (κ3) is 4.41. The Bertz CT molecular complexity index is 1330. The van der Waals surface area contributed by atoms with Gasteiger partial charge in [-0.05, 0) is 36.1 Å². The third-order valence-corrected chi connectivity index (χ3v) is 6.08. The van der Waals surface area contributed by atoms with Crippen LogP contribution >= 0.6 is 0 Å². The van der Waals surface area contributed by atoms with Gasteiger partial charge in [-0.25, -0.2) is 0 Å². The molecule has 3 amide bonds. The van der Waals surface area contributed by atoms with Crippen LogP contribution in [-0.4, -0.2) is 53.3 Å². The molecule has 2 aromatic carbocycles. The Morgan fingerprint density at radius 2 is 2.03 bits per heavy atom. The maximum Gasteiger partial charge on any atom is 0.255 e. The minimum atomic E-state index is -2.34. The quantitative estimate of drug-likeness (QED) is 0.708. The molecule has 2 fully saturated rings. The Balaban J connectivity index is 1.33. The van der Waals surface area contributed by atoms with E-state index in [-0.39, 0.29) is 62.4 Å². The number of carbonyl (C=O) groups is 3. The second-order valence-corrected chi connectivity index (χ2v) is 8.39. The number of hydrogen-bond acceptors (Lipinski definition) is 5. The number of benzene rings is 2. The lowest BCUT2D eigenvalue weighted by molar-refractivity contribution is -0.143. The SMILES string of the molecule is [2H]c1cc(COc2cccc3c2CN(C2CCC(=C)NC2=O)C3=O)cc([2H])c1C([2H])([2H])N1CCOCC1=O. The number of fused-ring (bicyclic) bond motifs is 1. The van der Waals surface area contributed by atoms with Crippen LogP contribution in [0.4, 0.5) is 0 Å². The van der Waals surface area contributed by atoms with E-state index < -0.39 is 18.4 Å². The summed E-state index contributed by atoms with van der Waals surface area (Å²) in [5.74, 6) is -0.584. The monoisotopic (exact) mass is 465 g/mol. The third-order valence-electron chi connectivity index (χ3n) is 6.08. The molecular weight excluding hydrogens is 434 g/mol. The minimum absolute atomic E-state index is 0.0219. The van der Waals surface area contributed by atoms with Gasteiger partial charge in [0, 0.05) is 29.9 Å². The molecule has 1 N–H and O–H groups in total. The van der Waals surface area contributed by atoms with Crippen LogP contribution in [0.15, 0.2) is 54.7 Å². The molecule has 1 atom stereocenters. The molecule has 0 saturated carbocycles. The van der Waals surface area contributed by atoms with Crippen LogP contribution < -0.4 is 10.1 Å². The molecule has 0 aromatic heterocycles. The lowest BCUT2D eigenvalue weighted by atomic mass is 10.0. The maximum atomic E-state index is 13.1. The van der Waals surface area contributed by atoms with Crippen molar-refractivity contribution in [3.63, 3.8) is 0 Å². The molecule has 0 spiro atoms. The first-order valence-electron chi connectivity index (χ1n) is 13.1. The summed E-state index contributed by atoms with van der Waals surface area (Å²) < 4.78 is 44.9.